The molecule has 1 nitrogen and oxygen atoms in total. The van der Waals surface area contributed by atoms with Gasteiger partial charge in [0.15, 0.2) is 0 Å². The lowest BCUT2D eigenvalue weighted by atomic mass is 10.0. The molecule has 0 atom stereocenters. The molecule has 0 aliphatic carbocycles. The third-order valence-corrected chi connectivity index (χ3v) is 2.76. The molecular weight excluding hydrogens is 216 g/mol. The van der Waals surface area contributed by atoms with Crippen molar-refractivity contribution in [2.45, 2.75) is 6.92 Å². The van der Waals surface area contributed by atoms with E-state index >= 15 is 0 Å². The van der Waals surface area contributed by atoms with Crippen LogP contribution in [0.15, 0.2) is 48.5 Å². The molecule has 0 amide bonds. The molecular formula is C14H14OS. The Morgan fingerprint density at radius 1 is 0.938 bits per heavy atom. The Morgan fingerprint density at radius 2 is 1.69 bits per heavy atom. The number of benzene rings is 2. The zero-order chi connectivity index (χ0) is 11.4. The van der Waals surface area contributed by atoms with E-state index in [-0.39, 0.29) is 0 Å². The van der Waals surface area contributed by atoms with Crippen molar-refractivity contribution < 1.29 is 4.18 Å². The minimum Gasteiger partial charge on any atom is -0.426 e. The van der Waals surface area contributed by atoms with Crippen molar-refractivity contribution in [1.82, 2.24) is 0 Å². The summed E-state index contributed by atoms with van der Waals surface area (Å²) in [4.78, 5) is 0. The quantitative estimate of drug-likeness (QED) is 0.726. The number of aryl methyl sites for hydroxylation is 1. The molecule has 2 rings (SSSR count). The van der Waals surface area contributed by atoms with E-state index in [4.69, 9.17) is 4.18 Å². The highest BCUT2D eigenvalue weighted by Crippen LogP contribution is 2.25. The molecule has 0 aromatic heterocycles. The van der Waals surface area contributed by atoms with Gasteiger partial charge in [0, 0.05) is 6.26 Å². The highest BCUT2D eigenvalue weighted by molar-refractivity contribution is 7.94. The standard InChI is InChI=1S/C14H14OS/c1-11-6-8-12(9-7-11)13-4-3-5-14(10-13)15-16-2/h3-10H,1-2H3. The Balaban J connectivity index is 2.32. The molecule has 0 fully saturated rings. The summed E-state index contributed by atoms with van der Waals surface area (Å²) in [7, 11) is 0. The fraction of sp³-hybridized carbons (Fsp3) is 0.143. The summed E-state index contributed by atoms with van der Waals surface area (Å²) < 4.78 is 5.41. The number of hydrogen-bond donors (Lipinski definition) is 0. The normalized spacial score (nSPS) is 10.1. The average Bonchev–Trinajstić information content (AvgIpc) is 2.31. The summed E-state index contributed by atoms with van der Waals surface area (Å²) in [6, 6.07) is 16.6. The molecule has 0 N–H and O–H groups in total. The zero-order valence-corrected chi connectivity index (χ0v) is 10.3. The van der Waals surface area contributed by atoms with E-state index in [9.17, 15) is 0 Å². The fourth-order valence-electron chi connectivity index (χ4n) is 1.57. The highest BCUT2D eigenvalue weighted by atomic mass is 32.2. The van der Waals surface area contributed by atoms with Crippen LogP contribution in [0.2, 0.25) is 0 Å². The Bertz CT molecular complexity index is 462. The summed E-state index contributed by atoms with van der Waals surface area (Å²) in [5, 5.41) is 0. The van der Waals surface area contributed by atoms with E-state index in [0.29, 0.717) is 0 Å². The second kappa shape index (κ2) is 5.08. The van der Waals surface area contributed by atoms with Crippen LogP contribution < -0.4 is 4.18 Å². The van der Waals surface area contributed by atoms with Crippen molar-refractivity contribution in [3.8, 4) is 16.9 Å². The maximum Gasteiger partial charge on any atom is 0.137 e. The molecule has 2 aromatic carbocycles. The van der Waals surface area contributed by atoms with Gasteiger partial charge in [-0.3, -0.25) is 0 Å². The second-order valence-corrected chi connectivity index (χ2v) is 4.14. The van der Waals surface area contributed by atoms with Crippen molar-refractivity contribution in [2.75, 3.05) is 6.26 Å². The fourth-order valence-corrected chi connectivity index (χ4v) is 1.87. The SMILES string of the molecule is CSOc1cccc(-c2ccc(C)cc2)c1. The number of hydrogen-bond acceptors (Lipinski definition) is 2. The Hall–Kier alpha value is -1.41. The molecule has 82 valence electrons. The van der Waals surface area contributed by atoms with Gasteiger partial charge in [-0.15, -0.1) is 0 Å². The zero-order valence-electron chi connectivity index (χ0n) is 9.44. The van der Waals surface area contributed by atoms with Gasteiger partial charge in [0.25, 0.3) is 0 Å². The molecule has 2 heteroatoms. The predicted molar refractivity (Wildman–Crippen MR) is 70.8 cm³/mol. The Labute approximate surface area is 101 Å². The summed E-state index contributed by atoms with van der Waals surface area (Å²) >= 11 is 1.36. The molecule has 0 saturated carbocycles. The summed E-state index contributed by atoms with van der Waals surface area (Å²) in [5.41, 5.74) is 3.68. The van der Waals surface area contributed by atoms with Gasteiger partial charge in [-0.25, -0.2) is 0 Å². The lowest BCUT2D eigenvalue weighted by Gasteiger charge is -2.05. The third kappa shape index (κ3) is 2.58. The van der Waals surface area contributed by atoms with Gasteiger partial charge in [-0.1, -0.05) is 42.0 Å². The Morgan fingerprint density at radius 3 is 2.38 bits per heavy atom. The summed E-state index contributed by atoms with van der Waals surface area (Å²) in [6.45, 7) is 2.09. The van der Waals surface area contributed by atoms with Gasteiger partial charge in [0.05, 0.1) is 12.0 Å². The van der Waals surface area contributed by atoms with Gasteiger partial charge in [-0.05, 0) is 30.2 Å². The first-order valence-electron chi connectivity index (χ1n) is 5.17. The highest BCUT2D eigenvalue weighted by Gasteiger charge is 1.99. The van der Waals surface area contributed by atoms with Crippen LogP contribution in [0.4, 0.5) is 0 Å². The molecule has 0 heterocycles. The first kappa shape index (κ1) is 11.1. The molecule has 0 unspecified atom stereocenters. The molecule has 0 saturated heterocycles. The second-order valence-electron chi connectivity index (χ2n) is 3.64. The van der Waals surface area contributed by atoms with E-state index in [2.05, 4.69) is 43.3 Å². The first-order valence-corrected chi connectivity index (χ1v) is 6.32. The number of rotatable bonds is 3. The van der Waals surface area contributed by atoms with Crippen LogP contribution in [0.3, 0.4) is 0 Å². The largest absolute Gasteiger partial charge is 0.426 e. The molecule has 2 aromatic rings. The van der Waals surface area contributed by atoms with E-state index in [1.807, 2.05) is 18.4 Å². The smallest absolute Gasteiger partial charge is 0.137 e. The van der Waals surface area contributed by atoms with Crippen molar-refractivity contribution >= 4 is 12.0 Å². The summed E-state index contributed by atoms with van der Waals surface area (Å²) in [6.07, 6.45) is 1.92. The molecule has 0 spiro atoms. The van der Waals surface area contributed by atoms with Crippen molar-refractivity contribution in [2.24, 2.45) is 0 Å². The van der Waals surface area contributed by atoms with E-state index in [0.717, 1.165) is 5.75 Å². The molecule has 0 aliphatic rings. The van der Waals surface area contributed by atoms with Gasteiger partial charge >= 0.3 is 0 Å². The van der Waals surface area contributed by atoms with Crippen LogP contribution in [0.5, 0.6) is 5.75 Å². The van der Waals surface area contributed by atoms with Crippen molar-refractivity contribution in [3.05, 3.63) is 54.1 Å². The maximum atomic E-state index is 5.41. The molecule has 0 aliphatic heterocycles. The minimum absolute atomic E-state index is 0.894. The van der Waals surface area contributed by atoms with Crippen LogP contribution >= 0.6 is 12.0 Å². The third-order valence-electron chi connectivity index (χ3n) is 2.40. The van der Waals surface area contributed by atoms with Crippen LogP contribution in [0, 0.1) is 6.92 Å². The molecule has 0 bridgehead atoms. The van der Waals surface area contributed by atoms with Gasteiger partial charge in [0.2, 0.25) is 0 Å². The van der Waals surface area contributed by atoms with Gasteiger partial charge in [-0.2, -0.15) is 0 Å². The molecule has 16 heavy (non-hydrogen) atoms. The van der Waals surface area contributed by atoms with Crippen LogP contribution in [0.1, 0.15) is 5.56 Å². The van der Waals surface area contributed by atoms with E-state index < -0.39 is 0 Å². The molecule has 0 radical (unpaired) electrons. The average molecular weight is 230 g/mol. The topological polar surface area (TPSA) is 9.23 Å². The van der Waals surface area contributed by atoms with Crippen molar-refractivity contribution in [1.29, 1.82) is 0 Å². The Kier molecular flexibility index (Phi) is 3.52. The first-order chi connectivity index (χ1) is 7.79. The van der Waals surface area contributed by atoms with E-state index in [1.165, 1.54) is 28.7 Å². The van der Waals surface area contributed by atoms with Crippen LogP contribution in [0.25, 0.3) is 11.1 Å². The van der Waals surface area contributed by atoms with Gasteiger partial charge in [0.1, 0.15) is 5.75 Å². The van der Waals surface area contributed by atoms with Crippen LogP contribution in [-0.2, 0) is 0 Å². The maximum absolute atomic E-state index is 5.41. The lowest BCUT2D eigenvalue weighted by molar-refractivity contribution is 0.650. The van der Waals surface area contributed by atoms with Crippen LogP contribution in [-0.4, -0.2) is 6.26 Å². The van der Waals surface area contributed by atoms with Crippen molar-refractivity contribution in [3.63, 3.8) is 0 Å². The summed E-state index contributed by atoms with van der Waals surface area (Å²) in [5.74, 6) is 0.894. The van der Waals surface area contributed by atoms with Gasteiger partial charge < -0.3 is 4.18 Å². The van der Waals surface area contributed by atoms with E-state index in [1.54, 1.807) is 0 Å². The predicted octanol–water partition coefficient (Wildman–Crippen LogP) is 4.32. The monoisotopic (exact) mass is 230 g/mol. The minimum atomic E-state index is 0.894. The lowest BCUT2D eigenvalue weighted by Crippen LogP contribution is -1.82.